The Morgan fingerprint density at radius 2 is 2.50 bits per heavy atom. The second-order valence-corrected chi connectivity index (χ2v) is 2.87. The predicted octanol–water partition coefficient (Wildman–Crippen LogP) is -1.44. The highest BCUT2D eigenvalue weighted by molar-refractivity contribution is 5.75. The summed E-state index contributed by atoms with van der Waals surface area (Å²) in [6, 6.07) is 0. The second kappa shape index (κ2) is 5.28. The molecule has 0 saturated carbocycles. The quantitative estimate of drug-likeness (QED) is 0.605. The molecule has 7 heteroatoms. The van der Waals surface area contributed by atoms with E-state index in [2.05, 4.69) is 20.8 Å². The number of rotatable bonds is 5. The number of aliphatic hydroxyl groups is 1. The molecular formula is C7H13N5O2. The summed E-state index contributed by atoms with van der Waals surface area (Å²) in [5, 5.41) is 22.1. The van der Waals surface area contributed by atoms with Gasteiger partial charge in [-0.05, 0) is 16.8 Å². The molecule has 1 atom stereocenters. The molecule has 1 unspecified atom stereocenters. The van der Waals surface area contributed by atoms with Gasteiger partial charge in [0.25, 0.3) is 0 Å². The van der Waals surface area contributed by atoms with Gasteiger partial charge < -0.3 is 10.4 Å². The van der Waals surface area contributed by atoms with Crippen LogP contribution in [0.4, 0.5) is 0 Å². The number of aliphatic hydroxyl groups excluding tert-OH is 1. The number of amides is 1. The van der Waals surface area contributed by atoms with Gasteiger partial charge in [0.15, 0.2) is 0 Å². The third-order valence-corrected chi connectivity index (χ3v) is 1.70. The van der Waals surface area contributed by atoms with Gasteiger partial charge in [0.05, 0.1) is 6.10 Å². The Kier molecular flexibility index (Phi) is 3.99. The second-order valence-electron chi connectivity index (χ2n) is 2.87. The molecule has 0 spiro atoms. The zero-order valence-electron chi connectivity index (χ0n) is 7.92. The van der Waals surface area contributed by atoms with E-state index in [9.17, 15) is 9.90 Å². The highest BCUT2D eigenvalue weighted by Crippen LogP contribution is 1.86. The SMILES string of the molecule is CCC(O)CNC(=O)Cn1cnnn1. The molecule has 1 amide bonds. The molecule has 0 fully saturated rings. The van der Waals surface area contributed by atoms with Gasteiger partial charge in [-0.3, -0.25) is 4.79 Å². The highest BCUT2D eigenvalue weighted by Gasteiger charge is 2.05. The van der Waals surface area contributed by atoms with Crippen LogP contribution >= 0.6 is 0 Å². The Balaban J connectivity index is 2.23. The Bertz CT molecular complexity index is 274. The fourth-order valence-corrected chi connectivity index (χ4v) is 0.832. The molecule has 1 aromatic heterocycles. The summed E-state index contributed by atoms with van der Waals surface area (Å²) < 4.78 is 1.31. The average molecular weight is 199 g/mol. The number of tetrazole rings is 1. The van der Waals surface area contributed by atoms with Gasteiger partial charge in [0, 0.05) is 6.54 Å². The Morgan fingerprint density at radius 3 is 3.07 bits per heavy atom. The topological polar surface area (TPSA) is 92.9 Å². The standard InChI is InChI=1S/C7H13N5O2/c1-2-6(13)3-8-7(14)4-12-5-9-10-11-12/h5-6,13H,2-4H2,1H3,(H,8,14). The number of carbonyl (C=O) groups excluding carboxylic acids is 1. The third kappa shape index (κ3) is 3.48. The van der Waals surface area contributed by atoms with E-state index in [1.54, 1.807) is 0 Å². The Morgan fingerprint density at radius 1 is 1.71 bits per heavy atom. The van der Waals surface area contributed by atoms with E-state index < -0.39 is 6.10 Å². The molecule has 1 heterocycles. The van der Waals surface area contributed by atoms with Crippen molar-refractivity contribution in [3.05, 3.63) is 6.33 Å². The Labute approximate surface area is 81.1 Å². The number of nitrogens with one attached hydrogen (secondary N) is 1. The molecule has 1 aromatic rings. The summed E-state index contributed by atoms with van der Waals surface area (Å²) >= 11 is 0. The minimum Gasteiger partial charge on any atom is -0.391 e. The molecule has 0 aliphatic carbocycles. The number of nitrogens with zero attached hydrogens (tertiary/aromatic N) is 4. The van der Waals surface area contributed by atoms with E-state index in [4.69, 9.17) is 0 Å². The van der Waals surface area contributed by atoms with E-state index >= 15 is 0 Å². The van der Waals surface area contributed by atoms with E-state index in [1.807, 2.05) is 6.92 Å². The molecule has 0 aromatic carbocycles. The Hall–Kier alpha value is -1.50. The van der Waals surface area contributed by atoms with Crippen LogP contribution in [0.2, 0.25) is 0 Å². The van der Waals surface area contributed by atoms with Crippen molar-refractivity contribution in [1.82, 2.24) is 25.5 Å². The summed E-state index contributed by atoms with van der Waals surface area (Å²) in [6.07, 6.45) is 1.48. The minimum absolute atomic E-state index is 0.0729. The largest absolute Gasteiger partial charge is 0.391 e. The van der Waals surface area contributed by atoms with Crippen LogP contribution in [-0.4, -0.2) is 43.9 Å². The van der Waals surface area contributed by atoms with Crippen molar-refractivity contribution in [2.75, 3.05) is 6.54 Å². The van der Waals surface area contributed by atoms with Gasteiger partial charge in [-0.25, -0.2) is 4.68 Å². The van der Waals surface area contributed by atoms with E-state index in [1.165, 1.54) is 11.0 Å². The summed E-state index contributed by atoms with van der Waals surface area (Å²) in [5.41, 5.74) is 0. The van der Waals surface area contributed by atoms with Crippen LogP contribution in [-0.2, 0) is 11.3 Å². The zero-order chi connectivity index (χ0) is 10.4. The van der Waals surface area contributed by atoms with E-state index in [0.29, 0.717) is 6.42 Å². The molecule has 0 radical (unpaired) electrons. The number of hydrogen-bond donors (Lipinski definition) is 2. The van der Waals surface area contributed by atoms with Crippen LogP contribution in [0.15, 0.2) is 6.33 Å². The first-order valence-electron chi connectivity index (χ1n) is 4.38. The normalized spacial score (nSPS) is 12.4. The maximum atomic E-state index is 11.2. The number of hydrogen-bond acceptors (Lipinski definition) is 5. The van der Waals surface area contributed by atoms with Gasteiger partial charge in [-0.2, -0.15) is 0 Å². The lowest BCUT2D eigenvalue weighted by Crippen LogP contribution is -2.34. The number of aromatic nitrogens is 4. The van der Waals surface area contributed by atoms with Crippen molar-refractivity contribution in [3.8, 4) is 0 Å². The van der Waals surface area contributed by atoms with E-state index in [-0.39, 0.29) is 19.0 Å². The molecule has 0 bridgehead atoms. The average Bonchev–Trinajstić information content (AvgIpc) is 2.66. The zero-order valence-corrected chi connectivity index (χ0v) is 7.92. The van der Waals surface area contributed by atoms with Crippen LogP contribution in [0.1, 0.15) is 13.3 Å². The summed E-state index contributed by atoms with van der Waals surface area (Å²) in [4.78, 5) is 11.2. The molecular weight excluding hydrogens is 186 g/mol. The van der Waals surface area contributed by atoms with Gasteiger partial charge in [0.2, 0.25) is 5.91 Å². The maximum absolute atomic E-state index is 11.2. The van der Waals surface area contributed by atoms with Crippen LogP contribution in [0, 0.1) is 0 Å². The van der Waals surface area contributed by atoms with Gasteiger partial charge in [-0.1, -0.05) is 6.92 Å². The maximum Gasteiger partial charge on any atom is 0.241 e. The monoisotopic (exact) mass is 199 g/mol. The van der Waals surface area contributed by atoms with Crippen molar-refractivity contribution in [2.24, 2.45) is 0 Å². The molecule has 2 N–H and O–H groups in total. The molecule has 0 saturated heterocycles. The van der Waals surface area contributed by atoms with Crippen molar-refractivity contribution in [2.45, 2.75) is 26.0 Å². The molecule has 0 aliphatic heterocycles. The van der Waals surface area contributed by atoms with Gasteiger partial charge in [0.1, 0.15) is 12.9 Å². The molecule has 0 aliphatic rings. The van der Waals surface area contributed by atoms with Crippen molar-refractivity contribution in [3.63, 3.8) is 0 Å². The first kappa shape index (κ1) is 10.6. The van der Waals surface area contributed by atoms with Crippen molar-refractivity contribution in [1.29, 1.82) is 0 Å². The summed E-state index contributed by atoms with van der Waals surface area (Å²) in [5.74, 6) is -0.218. The lowest BCUT2D eigenvalue weighted by Gasteiger charge is -2.08. The fourth-order valence-electron chi connectivity index (χ4n) is 0.832. The third-order valence-electron chi connectivity index (χ3n) is 1.70. The molecule has 14 heavy (non-hydrogen) atoms. The van der Waals surface area contributed by atoms with Gasteiger partial charge in [-0.15, -0.1) is 5.10 Å². The van der Waals surface area contributed by atoms with Crippen LogP contribution < -0.4 is 5.32 Å². The minimum atomic E-state index is -0.493. The summed E-state index contributed by atoms with van der Waals surface area (Å²) in [6.45, 7) is 2.18. The highest BCUT2D eigenvalue weighted by atomic mass is 16.3. The first-order valence-corrected chi connectivity index (χ1v) is 4.38. The number of carbonyl (C=O) groups is 1. The first-order chi connectivity index (χ1) is 6.72. The summed E-state index contributed by atoms with van der Waals surface area (Å²) in [7, 11) is 0. The van der Waals surface area contributed by atoms with Crippen LogP contribution in [0.3, 0.4) is 0 Å². The van der Waals surface area contributed by atoms with Crippen LogP contribution in [0.25, 0.3) is 0 Å². The van der Waals surface area contributed by atoms with Crippen molar-refractivity contribution >= 4 is 5.91 Å². The lowest BCUT2D eigenvalue weighted by atomic mass is 10.3. The smallest absolute Gasteiger partial charge is 0.241 e. The molecule has 7 nitrogen and oxygen atoms in total. The van der Waals surface area contributed by atoms with Crippen LogP contribution in [0.5, 0.6) is 0 Å². The molecule has 78 valence electrons. The predicted molar refractivity (Wildman–Crippen MR) is 47.1 cm³/mol. The fraction of sp³-hybridized carbons (Fsp3) is 0.714. The van der Waals surface area contributed by atoms with Gasteiger partial charge >= 0.3 is 0 Å². The van der Waals surface area contributed by atoms with Crippen molar-refractivity contribution < 1.29 is 9.90 Å². The lowest BCUT2D eigenvalue weighted by molar-refractivity contribution is -0.122. The van der Waals surface area contributed by atoms with E-state index in [0.717, 1.165) is 0 Å². The molecule has 1 rings (SSSR count).